The number of rotatable bonds is 14. The molecule has 1 rings (SSSR count). The average Bonchev–Trinajstić information content (AvgIpc) is 2.60. The molecule has 0 spiro atoms. The molecule has 24 heavy (non-hydrogen) atoms. The minimum absolute atomic E-state index is 0.00724. The third-order valence-corrected chi connectivity index (χ3v) is 2.67. The SMILES string of the molecule is C=C(OCCOCCOCCOCCO)C(=O)Oc1ccccc1. The van der Waals surface area contributed by atoms with Gasteiger partial charge in [-0.15, -0.1) is 0 Å². The molecule has 1 N–H and O–H groups in total. The van der Waals surface area contributed by atoms with E-state index in [1.807, 2.05) is 6.07 Å². The van der Waals surface area contributed by atoms with Crippen LogP contribution in [0.25, 0.3) is 0 Å². The molecule has 0 atom stereocenters. The second-order valence-electron chi connectivity index (χ2n) is 4.53. The highest BCUT2D eigenvalue weighted by Gasteiger charge is 2.10. The number of hydrogen-bond donors (Lipinski definition) is 1. The van der Waals surface area contributed by atoms with Gasteiger partial charge in [0.25, 0.3) is 0 Å². The fraction of sp³-hybridized carbons (Fsp3) is 0.471. The van der Waals surface area contributed by atoms with Crippen molar-refractivity contribution in [2.75, 3.05) is 52.9 Å². The third-order valence-electron chi connectivity index (χ3n) is 2.67. The Bertz CT molecular complexity index is 461. The second kappa shape index (κ2) is 13.5. The standard InChI is InChI=1S/C17H24O7/c1-15(17(19)24-16-5-3-2-4-6-16)23-14-13-22-12-11-21-10-9-20-8-7-18/h2-6,18H,1,7-14H2. The molecule has 134 valence electrons. The molecule has 0 saturated heterocycles. The normalized spacial score (nSPS) is 10.4. The topological polar surface area (TPSA) is 83.5 Å². The highest BCUT2D eigenvalue weighted by Crippen LogP contribution is 2.10. The lowest BCUT2D eigenvalue weighted by Gasteiger charge is -2.09. The number of carbonyl (C=O) groups is 1. The molecule has 0 saturated carbocycles. The molecule has 1 aromatic carbocycles. The number of carbonyl (C=O) groups excluding carboxylic acids is 1. The Kier molecular flexibility index (Phi) is 11.3. The van der Waals surface area contributed by atoms with Crippen LogP contribution in [0.3, 0.4) is 0 Å². The Morgan fingerprint density at radius 2 is 1.42 bits per heavy atom. The van der Waals surface area contributed by atoms with E-state index < -0.39 is 5.97 Å². The fourth-order valence-corrected chi connectivity index (χ4v) is 1.54. The molecule has 0 radical (unpaired) electrons. The summed E-state index contributed by atoms with van der Waals surface area (Å²) in [6, 6.07) is 8.69. The lowest BCUT2D eigenvalue weighted by molar-refractivity contribution is -0.134. The van der Waals surface area contributed by atoms with Crippen molar-refractivity contribution in [3.05, 3.63) is 42.7 Å². The summed E-state index contributed by atoms with van der Waals surface area (Å²) in [5.74, 6) is -0.268. The summed E-state index contributed by atoms with van der Waals surface area (Å²) in [5.41, 5.74) is 0. The van der Waals surface area contributed by atoms with Gasteiger partial charge in [0.1, 0.15) is 12.4 Å². The van der Waals surface area contributed by atoms with Crippen molar-refractivity contribution in [2.24, 2.45) is 0 Å². The summed E-state index contributed by atoms with van der Waals surface area (Å²) >= 11 is 0. The number of aliphatic hydroxyl groups is 1. The van der Waals surface area contributed by atoms with Crippen molar-refractivity contribution in [1.29, 1.82) is 0 Å². The number of aliphatic hydroxyl groups excluding tert-OH is 1. The molecule has 0 aromatic heterocycles. The molecular formula is C17H24O7. The number of ether oxygens (including phenoxy) is 5. The summed E-state index contributed by atoms with van der Waals surface area (Å²) in [5, 5.41) is 8.50. The van der Waals surface area contributed by atoms with E-state index in [-0.39, 0.29) is 19.0 Å². The minimum Gasteiger partial charge on any atom is -0.484 e. The van der Waals surface area contributed by atoms with Gasteiger partial charge in [-0.25, -0.2) is 4.79 Å². The van der Waals surface area contributed by atoms with E-state index in [0.717, 1.165) is 0 Å². The molecule has 7 nitrogen and oxygen atoms in total. The number of hydrogen-bond acceptors (Lipinski definition) is 7. The maximum Gasteiger partial charge on any atom is 0.378 e. The zero-order chi connectivity index (χ0) is 17.5. The Hall–Kier alpha value is -1.93. The molecule has 0 unspecified atom stereocenters. The Balaban J connectivity index is 1.95. The largest absolute Gasteiger partial charge is 0.484 e. The van der Waals surface area contributed by atoms with Crippen LogP contribution in [0.4, 0.5) is 0 Å². The maximum atomic E-state index is 11.7. The first-order chi connectivity index (χ1) is 11.7. The van der Waals surface area contributed by atoms with Gasteiger partial charge >= 0.3 is 5.97 Å². The van der Waals surface area contributed by atoms with Crippen LogP contribution in [0.2, 0.25) is 0 Å². The molecular weight excluding hydrogens is 316 g/mol. The summed E-state index contributed by atoms with van der Waals surface area (Å²) in [6.45, 7) is 6.07. The van der Waals surface area contributed by atoms with Gasteiger partial charge in [-0.1, -0.05) is 18.2 Å². The Morgan fingerprint density at radius 3 is 2.00 bits per heavy atom. The van der Waals surface area contributed by atoms with Gasteiger partial charge in [0.15, 0.2) is 5.76 Å². The number of benzene rings is 1. The molecule has 0 fully saturated rings. The molecule has 1 aromatic rings. The van der Waals surface area contributed by atoms with Crippen LogP contribution in [0.15, 0.2) is 42.7 Å². The summed E-state index contributed by atoms with van der Waals surface area (Å²) < 4.78 is 25.8. The van der Waals surface area contributed by atoms with Crippen LogP contribution in [0.5, 0.6) is 5.75 Å². The molecule has 0 amide bonds. The predicted octanol–water partition coefficient (Wildman–Crippen LogP) is 1.16. The van der Waals surface area contributed by atoms with Crippen molar-refractivity contribution in [3.8, 4) is 5.75 Å². The molecule has 7 heteroatoms. The zero-order valence-corrected chi connectivity index (χ0v) is 13.6. The summed E-state index contributed by atoms with van der Waals surface area (Å²) in [7, 11) is 0. The van der Waals surface area contributed by atoms with Crippen molar-refractivity contribution < 1.29 is 33.6 Å². The van der Waals surface area contributed by atoms with Crippen molar-refractivity contribution in [3.63, 3.8) is 0 Å². The minimum atomic E-state index is -0.632. The van der Waals surface area contributed by atoms with Crippen LogP contribution in [0.1, 0.15) is 0 Å². The summed E-state index contributed by atoms with van der Waals surface area (Å²) in [4.78, 5) is 11.7. The monoisotopic (exact) mass is 340 g/mol. The lowest BCUT2D eigenvalue weighted by Crippen LogP contribution is -2.16. The van der Waals surface area contributed by atoms with Crippen LogP contribution >= 0.6 is 0 Å². The smallest absolute Gasteiger partial charge is 0.378 e. The van der Waals surface area contributed by atoms with Crippen molar-refractivity contribution in [2.45, 2.75) is 0 Å². The quantitative estimate of drug-likeness (QED) is 0.179. The van der Waals surface area contributed by atoms with Crippen LogP contribution in [-0.4, -0.2) is 63.9 Å². The van der Waals surface area contributed by atoms with Crippen molar-refractivity contribution in [1.82, 2.24) is 0 Å². The van der Waals surface area contributed by atoms with Gasteiger partial charge in [-0.3, -0.25) is 0 Å². The van der Waals surface area contributed by atoms with Crippen LogP contribution < -0.4 is 4.74 Å². The first-order valence-electron chi connectivity index (χ1n) is 7.67. The van der Waals surface area contributed by atoms with E-state index >= 15 is 0 Å². The van der Waals surface area contributed by atoms with E-state index in [2.05, 4.69) is 6.58 Å². The average molecular weight is 340 g/mol. The van der Waals surface area contributed by atoms with Gasteiger partial charge < -0.3 is 28.8 Å². The van der Waals surface area contributed by atoms with Gasteiger partial charge in [0.05, 0.1) is 46.2 Å². The number of esters is 1. The van der Waals surface area contributed by atoms with Gasteiger partial charge in [-0.05, 0) is 18.7 Å². The van der Waals surface area contributed by atoms with E-state index in [1.54, 1.807) is 24.3 Å². The molecule has 0 aliphatic heterocycles. The van der Waals surface area contributed by atoms with Gasteiger partial charge in [0.2, 0.25) is 0 Å². The molecule has 0 heterocycles. The number of para-hydroxylation sites is 1. The van der Waals surface area contributed by atoms with E-state index in [0.29, 0.717) is 45.4 Å². The summed E-state index contributed by atoms with van der Waals surface area (Å²) in [6.07, 6.45) is 0. The van der Waals surface area contributed by atoms with Crippen molar-refractivity contribution >= 4 is 5.97 Å². The Labute approximate surface area is 141 Å². The third kappa shape index (κ3) is 9.96. The van der Waals surface area contributed by atoms with Crippen LogP contribution in [-0.2, 0) is 23.7 Å². The highest BCUT2D eigenvalue weighted by atomic mass is 16.6. The Morgan fingerprint density at radius 1 is 0.875 bits per heavy atom. The highest BCUT2D eigenvalue weighted by molar-refractivity contribution is 5.87. The fourth-order valence-electron chi connectivity index (χ4n) is 1.54. The van der Waals surface area contributed by atoms with Gasteiger partial charge in [-0.2, -0.15) is 0 Å². The maximum absolute atomic E-state index is 11.7. The molecule has 0 aliphatic carbocycles. The first kappa shape index (κ1) is 20.1. The van der Waals surface area contributed by atoms with E-state index in [4.69, 9.17) is 28.8 Å². The molecule has 0 aliphatic rings. The van der Waals surface area contributed by atoms with E-state index in [1.165, 1.54) is 0 Å². The lowest BCUT2D eigenvalue weighted by atomic mass is 10.3. The first-order valence-corrected chi connectivity index (χ1v) is 7.67. The molecule has 0 bridgehead atoms. The van der Waals surface area contributed by atoms with Gasteiger partial charge in [0, 0.05) is 0 Å². The van der Waals surface area contributed by atoms with Crippen LogP contribution in [0, 0.1) is 0 Å². The second-order valence-corrected chi connectivity index (χ2v) is 4.53. The predicted molar refractivity (Wildman–Crippen MR) is 86.7 cm³/mol. The van der Waals surface area contributed by atoms with E-state index in [9.17, 15) is 4.79 Å². The zero-order valence-electron chi connectivity index (χ0n) is 13.6.